The van der Waals surface area contributed by atoms with Gasteiger partial charge in [-0.2, -0.15) is 0 Å². The Hall–Kier alpha value is -0.160. The zero-order valence-corrected chi connectivity index (χ0v) is 10.7. The number of hydrogen-bond donors (Lipinski definition) is 3. The maximum absolute atomic E-state index is 8.33. The van der Waals surface area contributed by atoms with Crippen molar-refractivity contribution in [3.63, 3.8) is 0 Å². The van der Waals surface area contributed by atoms with E-state index in [4.69, 9.17) is 20.1 Å². The Morgan fingerprint density at radius 1 is 0.938 bits per heavy atom. The number of hydrogen-bond acceptors (Lipinski definition) is 4. The first-order valence-electron chi connectivity index (χ1n) is 6.23. The molecular formula is C12H28O4. The normalized spacial score (nSPS) is 10.1. The van der Waals surface area contributed by atoms with Gasteiger partial charge in [0.05, 0.1) is 13.2 Å². The zero-order chi connectivity index (χ0) is 12.6. The molecule has 0 spiro atoms. The van der Waals surface area contributed by atoms with E-state index in [9.17, 15) is 0 Å². The summed E-state index contributed by atoms with van der Waals surface area (Å²) in [5.41, 5.74) is 0. The van der Waals surface area contributed by atoms with Gasteiger partial charge < -0.3 is 20.1 Å². The Balaban J connectivity index is 0. The van der Waals surface area contributed by atoms with Gasteiger partial charge in [-0.1, -0.05) is 33.1 Å². The molecule has 0 aromatic carbocycles. The number of unbranched alkanes of at least 4 members (excludes halogenated alkanes) is 3. The molecule has 0 aliphatic rings. The third-order valence-electron chi connectivity index (χ3n) is 1.94. The summed E-state index contributed by atoms with van der Waals surface area (Å²) in [4.78, 5) is 0. The van der Waals surface area contributed by atoms with E-state index in [1.165, 1.54) is 0 Å². The molecule has 0 aliphatic carbocycles. The number of aliphatic hydroxyl groups is 3. The number of aliphatic hydroxyl groups excluding tert-OH is 2. The third-order valence-corrected chi connectivity index (χ3v) is 1.94. The highest BCUT2D eigenvalue weighted by atomic mass is 16.5. The van der Waals surface area contributed by atoms with Crippen LogP contribution < -0.4 is 0 Å². The predicted molar refractivity (Wildman–Crippen MR) is 65.2 cm³/mol. The fourth-order valence-corrected chi connectivity index (χ4v) is 0.990. The number of rotatable bonds is 9. The lowest BCUT2D eigenvalue weighted by Crippen LogP contribution is -2.02. The minimum atomic E-state index is -1.10. The van der Waals surface area contributed by atoms with Crippen molar-refractivity contribution in [1.82, 2.24) is 0 Å². The second-order valence-electron chi connectivity index (χ2n) is 3.67. The van der Waals surface area contributed by atoms with Crippen LogP contribution in [0.5, 0.6) is 0 Å². The highest BCUT2D eigenvalue weighted by Gasteiger charge is 1.93. The first-order valence-corrected chi connectivity index (χ1v) is 6.23. The molecule has 0 aromatic heterocycles. The molecule has 3 N–H and O–H groups in total. The van der Waals surface area contributed by atoms with Crippen LogP contribution in [0.15, 0.2) is 0 Å². The van der Waals surface area contributed by atoms with Crippen LogP contribution in [0.4, 0.5) is 0 Å². The molecule has 0 radical (unpaired) electrons. The Bertz CT molecular complexity index is 101. The van der Waals surface area contributed by atoms with Gasteiger partial charge in [-0.25, -0.2) is 0 Å². The molecule has 0 saturated heterocycles. The standard InChI is InChI=1S/2C6H14O2/c1-2-3-5-8-6-4-7;1-2-3-4-5-6(7)8/h7H,2-6H2,1H3;6-8H,2-5H2,1H3. The van der Waals surface area contributed by atoms with Gasteiger partial charge in [0, 0.05) is 6.61 Å². The molecule has 0 fully saturated rings. The zero-order valence-electron chi connectivity index (χ0n) is 10.7. The molecule has 0 aromatic rings. The third kappa shape index (κ3) is 23.6. The molecule has 0 aliphatic heterocycles. The minimum Gasteiger partial charge on any atom is -0.394 e. The van der Waals surface area contributed by atoms with Crippen molar-refractivity contribution in [2.75, 3.05) is 19.8 Å². The van der Waals surface area contributed by atoms with E-state index in [0.717, 1.165) is 38.7 Å². The highest BCUT2D eigenvalue weighted by Crippen LogP contribution is 1.99. The van der Waals surface area contributed by atoms with Gasteiger partial charge in [0.1, 0.15) is 0 Å². The molecule has 16 heavy (non-hydrogen) atoms. The van der Waals surface area contributed by atoms with Gasteiger partial charge in [-0.3, -0.25) is 0 Å². The Morgan fingerprint density at radius 3 is 2.00 bits per heavy atom. The molecular weight excluding hydrogens is 208 g/mol. The maximum atomic E-state index is 8.33. The smallest absolute Gasteiger partial charge is 0.151 e. The van der Waals surface area contributed by atoms with Crippen LogP contribution in [0.25, 0.3) is 0 Å². The van der Waals surface area contributed by atoms with E-state index in [-0.39, 0.29) is 6.61 Å². The summed E-state index contributed by atoms with van der Waals surface area (Å²) in [6.45, 7) is 5.62. The second-order valence-corrected chi connectivity index (χ2v) is 3.67. The summed E-state index contributed by atoms with van der Waals surface area (Å²) in [6, 6.07) is 0. The molecule has 0 amide bonds. The monoisotopic (exact) mass is 236 g/mol. The summed E-state index contributed by atoms with van der Waals surface area (Å²) in [7, 11) is 0. The van der Waals surface area contributed by atoms with E-state index in [1.807, 2.05) is 0 Å². The van der Waals surface area contributed by atoms with Crippen molar-refractivity contribution in [2.45, 2.75) is 58.7 Å². The Kier molecular flexibility index (Phi) is 19.6. The molecule has 0 rings (SSSR count). The van der Waals surface area contributed by atoms with Crippen molar-refractivity contribution < 1.29 is 20.1 Å². The lowest BCUT2D eigenvalue weighted by atomic mass is 10.2. The SMILES string of the molecule is CCCCCC(O)O.CCCCOCCO. The van der Waals surface area contributed by atoms with Crippen molar-refractivity contribution >= 4 is 0 Å². The van der Waals surface area contributed by atoms with E-state index in [2.05, 4.69) is 13.8 Å². The summed E-state index contributed by atoms with van der Waals surface area (Å²) in [5, 5.41) is 24.9. The topological polar surface area (TPSA) is 69.9 Å². The average molecular weight is 236 g/mol. The fraction of sp³-hybridized carbons (Fsp3) is 1.00. The van der Waals surface area contributed by atoms with Gasteiger partial charge in [0.15, 0.2) is 6.29 Å². The van der Waals surface area contributed by atoms with Crippen molar-refractivity contribution in [3.8, 4) is 0 Å². The predicted octanol–water partition coefficient (Wildman–Crippen LogP) is 1.67. The Labute approximate surface area is 99.3 Å². The van der Waals surface area contributed by atoms with Crippen LogP contribution >= 0.6 is 0 Å². The molecule has 100 valence electrons. The lowest BCUT2D eigenvalue weighted by Gasteiger charge is -1.99. The summed E-state index contributed by atoms with van der Waals surface area (Å²) < 4.78 is 4.97. The van der Waals surface area contributed by atoms with Crippen LogP contribution in [0.2, 0.25) is 0 Å². The molecule has 0 saturated carbocycles. The second kappa shape index (κ2) is 17.2. The summed E-state index contributed by atoms with van der Waals surface area (Å²) >= 11 is 0. The van der Waals surface area contributed by atoms with Gasteiger partial charge in [-0.05, 0) is 19.3 Å². The summed E-state index contributed by atoms with van der Waals surface area (Å²) in [6.07, 6.45) is 4.83. The highest BCUT2D eigenvalue weighted by molar-refractivity contribution is 4.40. The number of ether oxygens (including phenoxy) is 1. The fourth-order valence-electron chi connectivity index (χ4n) is 0.990. The molecule has 0 heterocycles. The summed E-state index contributed by atoms with van der Waals surface area (Å²) in [5.74, 6) is 0. The van der Waals surface area contributed by atoms with Crippen LogP contribution in [0.3, 0.4) is 0 Å². The van der Waals surface area contributed by atoms with Gasteiger partial charge in [0.2, 0.25) is 0 Å². The average Bonchev–Trinajstić information content (AvgIpc) is 2.25. The Morgan fingerprint density at radius 2 is 1.56 bits per heavy atom. The van der Waals surface area contributed by atoms with Crippen LogP contribution in [-0.2, 0) is 4.74 Å². The molecule has 0 bridgehead atoms. The molecule has 0 atom stereocenters. The lowest BCUT2D eigenvalue weighted by molar-refractivity contribution is -0.0465. The maximum Gasteiger partial charge on any atom is 0.151 e. The van der Waals surface area contributed by atoms with E-state index in [0.29, 0.717) is 13.0 Å². The van der Waals surface area contributed by atoms with Crippen molar-refractivity contribution in [2.24, 2.45) is 0 Å². The van der Waals surface area contributed by atoms with Crippen LogP contribution in [0.1, 0.15) is 52.4 Å². The van der Waals surface area contributed by atoms with Gasteiger partial charge >= 0.3 is 0 Å². The van der Waals surface area contributed by atoms with E-state index < -0.39 is 6.29 Å². The van der Waals surface area contributed by atoms with Crippen LogP contribution in [-0.4, -0.2) is 41.4 Å². The van der Waals surface area contributed by atoms with Gasteiger partial charge in [-0.15, -0.1) is 0 Å². The largest absolute Gasteiger partial charge is 0.394 e. The van der Waals surface area contributed by atoms with E-state index in [1.54, 1.807) is 0 Å². The first kappa shape index (κ1) is 18.2. The van der Waals surface area contributed by atoms with Crippen molar-refractivity contribution in [1.29, 1.82) is 0 Å². The molecule has 4 heteroatoms. The minimum absolute atomic E-state index is 0.143. The molecule has 0 unspecified atom stereocenters. The quantitative estimate of drug-likeness (QED) is 0.421. The van der Waals surface area contributed by atoms with Gasteiger partial charge in [0.25, 0.3) is 0 Å². The van der Waals surface area contributed by atoms with Crippen molar-refractivity contribution in [3.05, 3.63) is 0 Å². The first-order chi connectivity index (χ1) is 7.68. The van der Waals surface area contributed by atoms with E-state index >= 15 is 0 Å². The van der Waals surface area contributed by atoms with Crippen LogP contribution in [0, 0.1) is 0 Å². The molecule has 4 nitrogen and oxygen atoms in total.